The summed E-state index contributed by atoms with van der Waals surface area (Å²) in [5.41, 5.74) is 4.38. The molecule has 3 aromatic carbocycles. The lowest BCUT2D eigenvalue weighted by Gasteiger charge is -2.05. The predicted octanol–water partition coefficient (Wildman–Crippen LogP) is 4.87. The first kappa shape index (κ1) is 19.3. The van der Waals surface area contributed by atoms with Gasteiger partial charge in [-0.25, -0.2) is 14.6 Å². The van der Waals surface area contributed by atoms with Gasteiger partial charge in [-0.05, 0) is 61.9 Å². The van der Waals surface area contributed by atoms with E-state index in [1.165, 1.54) is 0 Å². The third-order valence-corrected chi connectivity index (χ3v) is 4.60. The van der Waals surface area contributed by atoms with E-state index in [9.17, 15) is 9.59 Å². The highest BCUT2D eigenvalue weighted by atomic mass is 16.6. The van der Waals surface area contributed by atoms with Crippen LogP contribution in [0.5, 0.6) is 5.75 Å². The van der Waals surface area contributed by atoms with Gasteiger partial charge in [0.25, 0.3) is 0 Å². The maximum Gasteiger partial charge on any atom is 0.363 e. The monoisotopic (exact) mass is 397 g/mol. The van der Waals surface area contributed by atoms with Crippen LogP contribution >= 0.6 is 0 Å². The van der Waals surface area contributed by atoms with E-state index in [1.807, 2.05) is 50.2 Å². The molecule has 0 fully saturated rings. The zero-order valence-electron chi connectivity index (χ0n) is 16.6. The van der Waals surface area contributed by atoms with Crippen molar-refractivity contribution < 1.29 is 19.1 Å². The molecule has 0 aromatic heterocycles. The van der Waals surface area contributed by atoms with Gasteiger partial charge in [0, 0.05) is 5.56 Å². The van der Waals surface area contributed by atoms with Gasteiger partial charge in [-0.3, -0.25) is 0 Å². The number of carbonyl (C=O) groups is 2. The summed E-state index contributed by atoms with van der Waals surface area (Å²) in [6.45, 7) is 3.94. The average molecular weight is 397 g/mol. The molecule has 0 atom stereocenters. The van der Waals surface area contributed by atoms with Crippen LogP contribution in [0, 0.1) is 13.8 Å². The number of aliphatic imine (C=N–C) groups is 1. The summed E-state index contributed by atoms with van der Waals surface area (Å²) in [5, 5.41) is 0. The minimum Gasteiger partial charge on any atom is -0.423 e. The van der Waals surface area contributed by atoms with Gasteiger partial charge in [0.2, 0.25) is 5.90 Å². The van der Waals surface area contributed by atoms with Crippen LogP contribution < -0.4 is 4.74 Å². The summed E-state index contributed by atoms with van der Waals surface area (Å²) >= 11 is 0. The van der Waals surface area contributed by atoms with Crippen molar-refractivity contribution >= 4 is 23.9 Å². The van der Waals surface area contributed by atoms with Crippen molar-refractivity contribution in [2.45, 2.75) is 13.8 Å². The summed E-state index contributed by atoms with van der Waals surface area (Å²) < 4.78 is 10.7. The minimum atomic E-state index is -0.500. The van der Waals surface area contributed by atoms with Crippen LogP contribution in [0.25, 0.3) is 6.08 Å². The van der Waals surface area contributed by atoms with Crippen molar-refractivity contribution in [2.24, 2.45) is 4.99 Å². The molecule has 0 N–H and O–H groups in total. The van der Waals surface area contributed by atoms with E-state index in [0.29, 0.717) is 11.3 Å². The molecule has 0 spiro atoms. The fraction of sp³-hybridized carbons (Fsp3) is 0.0800. The lowest BCUT2D eigenvalue weighted by atomic mass is 10.1. The van der Waals surface area contributed by atoms with Gasteiger partial charge in [-0.1, -0.05) is 47.5 Å². The minimum absolute atomic E-state index is 0.218. The second-order valence-electron chi connectivity index (χ2n) is 7.03. The summed E-state index contributed by atoms with van der Waals surface area (Å²) in [6, 6.07) is 21.6. The molecule has 148 valence electrons. The number of hydrogen-bond donors (Lipinski definition) is 0. The molecule has 0 unspecified atom stereocenters. The summed E-state index contributed by atoms with van der Waals surface area (Å²) in [4.78, 5) is 28.7. The first-order valence-corrected chi connectivity index (χ1v) is 9.46. The third kappa shape index (κ3) is 4.36. The van der Waals surface area contributed by atoms with E-state index in [-0.39, 0.29) is 11.6 Å². The molecular weight excluding hydrogens is 378 g/mol. The van der Waals surface area contributed by atoms with Crippen LogP contribution in [0.15, 0.2) is 83.5 Å². The SMILES string of the molecule is Cc1ccc(C(=O)Oc2ccc(/C=C3\N=C(c4ccc(C)cc4)OC3=O)cc2)cc1. The van der Waals surface area contributed by atoms with Gasteiger partial charge in [-0.2, -0.15) is 0 Å². The fourth-order valence-electron chi connectivity index (χ4n) is 2.87. The van der Waals surface area contributed by atoms with Crippen LogP contribution in [0.1, 0.15) is 32.6 Å². The molecule has 3 aromatic rings. The number of rotatable bonds is 4. The highest BCUT2D eigenvalue weighted by Crippen LogP contribution is 2.21. The quantitative estimate of drug-likeness (QED) is 0.358. The van der Waals surface area contributed by atoms with Crippen LogP contribution in [0.4, 0.5) is 0 Å². The Bertz CT molecular complexity index is 1160. The molecule has 5 nitrogen and oxygen atoms in total. The zero-order valence-corrected chi connectivity index (χ0v) is 16.6. The van der Waals surface area contributed by atoms with Gasteiger partial charge < -0.3 is 9.47 Å². The Hall–Kier alpha value is -3.99. The molecule has 30 heavy (non-hydrogen) atoms. The predicted molar refractivity (Wildman–Crippen MR) is 114 cm³/mol. The molecule has 0 aliphatic carbocycles. The molecule has 1 aliphatic heterocycles. The average Bonchev–Trinajstić information content (AvgIpc) is 3.10. The van der Waals surface area contributed by atoms with E-state index in [0.717, 1.165) is 22.3 Å². The Kier molecular flexibility index (Phi) is 5.26. The molecule has 0 saturated heterocycles. The Labute approximate surface area is 174 Å². The van der Waals surface area contributed by atoms with E-state index in [4.69, 9.17) is 9.47 Å². The van der Waals surface area contributed by atoms with Crippen molar-refractivity contribution in [1.29, 1.82) is 0 Å². The lowest BCUT2D eigenvalue weighted by molar-refractivity contribution is -0.129. The number of nitrogens with zero attached hydrogens (tertiary/aromatic N) is 1. The Morgan fingerprint density at radius 1 is 0.867 bits per heavy atom. The number of esters is 2. The normalized spacial score (nSPS) is 14.4. The topological polar surface area (TPSA) is 65.0 Å². The molecule has 1 heterocycles. The Balaban J connectivity index is 1.48. The molecule has 0 radical (unpaired) electrons. The number of aryl methyl sites for hydroxylation is 2. The summed E-state index contributed by atoms with van der Waals surface area (Å²) in [6.07, 6.45) is 1.63. The van der Waals surface area contributed by atoms with Crippen molar-refractivity contribution in [2.75, 3.05) is 0 Å². The maximum absolute atomic E-state index is 12.2. The third-order valence-electron chi connectivity index (χ3n) is 4.60. The zero-order chi connectivity index (χ0) is 21.1. The molecule has 5 heteroatoms. The lowest BCUT2D eigenvalue weighted by Crippen LogP contribution is -2.08. The summed E-state index contributed by atoms with van der Waals surface area (Å²) in [7, 11) is 0. The van der Waals surface area contributed by atoms with Crippen molar-refractivity contribution in [3.63, 3.8) is 0 Å². The smallest absolute Gasteiger partial charge is 0.363 e. The number of benzene rings is 3. The molecular formula is C25H19NO4. The maximum atomic E-state index is 12.2. The van der Waals surface area contributed by atoms with Crippen LogP contribution in [0.3, 0.4) is 0 Å². The molecule has 4 rings (SSSR count). The van der Waals surface area contributed by atoms with Crippen molar-refractivity contribution in [3.8, 4) is 5.75 Å². The first-order chi connectivity index (χ1) is 14.5. The van der Waals surface area contributed by atoms with E-state index < -0.39 is 11.9 Å². The highest BCUT2D eigenvalue weighted by Gasteiger charge is 2.24. The van der Waals surface area contributed by atoms with E-state index >= 15 is 0 Å². The fourth-order valence-corrected chi connectivity index (χ4v) is 2.87. The molecule has 1 aliphatic rings. The van der Waals surface area contributed by atoms with Crippen LogP contribution in [0.2, 0.25) is 0 Å². The Morgan fingerprint density at radius 3 is 2.10 bits per heavy atom. The standard InChI is InChI=1S/C25H19NO4/c1-16-3-9-19(10-4-16)23-26-22(25(28)30-23)15-18-7-13-21(14-8-18)29-24(27)20-11-5-17(2)6-12-20/h3-15H,1-2H3/b22-15-. The number of cyclic esters (lactones) is 1. The first-order valence-electron chi connectivity index (χ1n) is 9.46. The van der Waals surface area contributed by atoms with E-state index in [2.05, 4.69) is 4.99 Å². The van der Waals surface area contributed by atoms with Crippen LogP contribution in [-0.4, -0.2) is 17.8 Å². The molecule has 0 bridgehead atoms. The largest absolute Gasteiger partial charge is 0.423 e. The molecule has 0 saturated carbocycles. The van der Waals surface area contributed by atoms with E-state index in [1.54, 1.807) is 42.5 Å². The Morgan fingerprint density at radius 2 is 1.47 bits per heavy atom. The van der Waals surface area contributed by atoms with Gasteiger partial charge in [0.15, 0.2) is 5.70 Å². The van der Waals surface area contributed by atoms with Gasteiger partial charge in [-0.15, -0.1) is 0 Å². The van der Waals surface area contributed by atoms with Gasteiger partial charge >= 0.3 is 11.9 Å². The van der Waals surface area contributed by atoms with Gasteiger partial charge in [0.1, 0.15) is 5.75 Å². The summed E-state index contributed by atoms with van der Waals surface area (Å²) in [5.74, 6) is -0.219. The molecule has 0 amide bonds. The second kappa shape index (κ2) is 8.17. The van der Waals surface area contributed by atoms with Gasteiger partial charge in [0.05, 0.1) is 5.56 Å². The van der Waals surface area contributed by atoms with Crippen LogP contribution in [-0.2, 0) is 9.53 Å². The highest BCUT2D eigenvalue weighted by molar-refractivity contribution is 6.12. The van der Waals surface area contributed by atoms with Crippen molar-refractivity contribution in [1.82, 2.24) is 0 Å². The number of carbonyl (C=O) groups excluding carboxylic acids is 2. The second-order valence-corrected chi connectivity index (χ2v) is 7.03. The van der Waals surface area contributed by atoms with Crippen molar-refractivity contribution in [3.05, 3.63) is 106 Å². The number of hydrogen-bond acceptors (Lipinski definition) is 5. The number of ether oxygens (including phenoxy) is 2.